The Morgan fingerprint density at radius 1 is 1.00 bits per heavy atom. The van der Waals surface area contributed by atoms with Crippen molar-refractivity contribution >= 4 is 50.7 Å². The minimum absolute atomic E-state index is 0.219. The number of ether oxygens (including phenoxy) is 1. The highest BCUT2D eigenvalue weighted by molar-refractivity contribution is 6.50. The Labute approximate surface area is 217 Å². The van der Waals surface area contributed by atoms with Gasteiger partial charge in [0.05, 0.1) is 28.9 Å². The minimum atomic E-state index is -0.833. The maximum absolute atomic E-state index is 13.1. The fourth-order valence-corrected chi connectivity index (χ4v) is 5.25. The third-order valence-electron chi connectivity index (χ3n) is 6.85. The molecule has 10 heteroatoms. The molecule has 4 heterocycles. The number of carboxylic acids is 1. The maximum Gasteiger partial charge on any atom is 0.300 e. The molecule has 1 fully saturated rings. The predicted molar refractivity (Wildman–Crippen MR) is 142 cm³/mol. The summed E-state index contributed by atoms with van der Waals surface area (Å²) in [6, 6.07) is 15.5. The zero-order chi connectivity index (χ0) is 27.1. The average Bonchev–Trinajstić information content (AvgIpc) is 3.61. The van der Waals surface area contributed by atoms with Gasteiger partial charge in [0.15, 0.2) is 0 Å². The third-order valence-corrected chi connectivity index (χ3v) is 6.85. The van der Waals surface area contributed by atoms with Gasteiger partial charge in [0.1, 0.15) is 6.23 Å². The second kappa shape index (κ2) is 9.90. The Balaban J connectivity index is 0.000000689. The monoisotopic (exact) mass is 516 g/mol. The van der Waals surface area contributed by atoms with E-state index in [-0.39, 0.29) is 6.54 Å². The summed E-state index contributed by atoms with van der Waals surface area (Å²) < 4.78 is 9.89. The number of carboxylic acid groups (broad SMARTS) is 1. The smallest absolute Gasteiger partial charge is 0.300 e. The van der Waals surface area contributed by atoms with Crippen LogP contribution in [0.15, 0.2) is 60.9 Å². The van der Waals surface area contributed by atoms with Crippen LogP contribution in [0.25, 0.3) is 33.0 Å². The zero-order valence-corrected chi connectivity index (χ0v) is 20.9. The number of carbonyl (C=O) groups excluding carboxylic acids is 2. The zero-order valence-electron chi connectivity index (χ0n) is 20.9. The molecule has 4 aromatic rings. The molecule has 5 N–H and O–H groups in total. The summed E-state index contributed by atoms with van der Waals surface area (Å²) in [6.45, 7) is 1.30. The number of aliphatic hydroxyl groups excluding tert-OH is 1. The van der Waals surface area contributed by atoms with Gasteiger partial charge in [-0.3, -0.25) is 19.7 Å². The van der Waals surface area contributed by atoms with E-state index in [0.717, 1.165) is 28.7 Å². The van der Waals surface area contributed by atoms with Crippen LogP contribution in [0.3, 0.4) is 0 Å². The molecule has 1 saturated heterocycles. The molecule has 10 nitrogen and oxygen atoms in total. The first kappa shape index (κ1) is 25.4. The van der Waals surface area contributed by atoms with Gasteiger partial charge in [-0.1, -0.05) is 36.4 Å². The van der Waals surface area contributed by atoms with Crippen LogP contribution >= 0.6 is 0 Å². The number of aliphatic hydroxyl groups is 1. The molecule has 2 amide bonds. The van der Waals surface area contributed by atoms with Crippen molar-refractivity contribution in [2.45, 2.75) is 31.8 Å². The topological polar surface area (TPSA) is 149 Å². The van der Waals surface area contributed by atoms with E-state index in [9.17, 15) is 14.7 Å². The van der Waals surface area contributed by atoms with E-state index in [1.54, 1.807) is 0 Å². The van der Waals surface area contributed by atoms with Crippen molar-refractivity contribution in [2.24, 2.45) is 12.8 Å². The number of nitrogens with zero attached hydrogens (tertiary/aromatic N) is 2. The predicted octanol–water partition coefficient (Wildman–Crippen LogP) is 2.40. The molecule has 6 rings (SSSR count). The highest BCUT2D eigenvalue weighted by Crippen LogP contribution is 2.41. The second-order valence-corrected chi connectivity index (χ2v) is 9.36. The molecule has 0 bridgehead atoms. The number of benzene rings is 2. The Bertz CT molecular complexity index is 1610. The minimum Gasteiger partial charge on any atom is -0.481 e. The largest absolute Gasteiger partial charge is 0.481 e. The van der Waals surface area contributed by atoms with Gasteiger partial charge in [0.25, 0.3) is 17.8 Å². The van der Waals surface area contributed by atoms with E-state index in [0.29, 0.717) is 28.7 Å². The van der Waals surface area contributed by atoms with Gasteiger partial charge >= 0.3 is 0 Å². The number of aliphatic carboxylic acids is 1. The van der Waals surface area contributed by atoms with Crippen LogP contribution in [-0.4, -0.2) is 55.9 Å². The number of nitrogens with one attached hydrogen (secondary N) is 1. The number of hydrogen-bond donors (Lipinski definition) is 4. The molecule has 196 valence electrons. The van der Waals surface area contributed by atoms with Gasteiger partial charge in [-0.2, -0.15) is 0 Å². The lowest BCUT2D eigenvalue weighted by molar-refractivity contribution is -0.134. The lowest BCUT2D eigenvalue weighted by Crippen LogP contribution is -2.29. The molecule has 3 atom stereocenters. The van der Waals surface area contributed by atoms with Crippen LogP contribution in [0, 0.1) is 0 Å². The molecule has 0 saturated carbocycles. The van der Waals surface area contributed by atoms with Crippen molar-refractivity contribution in [2.75, 3.05) is 6.54 Å². The summed E-state index contributed by atoms with van der Waals surface area (Å²) in [7, 11) is 1.92. The molecule has 0 spiro atoms. The number of nitrogens with two attached hydrogens (primary N) is 1. The van der Waals surface area contributed by atoms with E-state index in [4.69, 9.17) is 20.4 Å². The highest BCUT2D eigenvalue weighted by Gasteiger charge is 2.38. The normalized spacial score (nSPS) is 21.2. The summed E-state index contributed by atoms with van der Waals surface area (Å²) >= 11 is 0. The lowest BCUT2D eigenvalue weighted by atomic mass is 9.95. The molecule has 38 heavy (non-hydrogen) atoms. The Hall–Kier alpha value is -4.25. The number of imide groups is 1. The first-order valence-electron chi connectivity index (χ1n) is 12.2. The molecule has 0 unspecified atom stereocenters. The molecule has 2 aliphatic rings. The quantitative estimate of drug-likeness (QED) is 0.304. The van der Waals surface area contributed by atoms with Crippen molar-refractivity contribution < 1.29 is 29.3 Å². The summed E-state index contributed by atoms with van der Waals surface area (Å²) in [4.78, 5) is 35.2. The summed E-state index contributed by atoms with van der Waals surface area (Å²) in [5, 5.41) is 22.0. The highest BCUT2D eigenvalue weighted by atomic mass is 16.5. The fourth-order valence-electron chi connectivity index (χ4n) is 5.25. The SMILES string of the molecule is CC(=O)O.Cn1cc(C2=C(c3cn([C@H]4C[C@H](O)[C@@H](CN)O4)c4ccccc34)C(=O)NC2=O)c2ccccc21. The Kier molecular flexibility index (Phi) is 6.62. The van der Waals surface area contributed by atoms with Crippen LogP contribution in [0.5, 0.6) is 0 Å². The number of hydrogen-bond acceptors (Lipinski definition) is 6. The summed E-state index contributed by atoms with van der Waals surface area (Å²) in [5.41, 5.74) is 9.63. The molecule has 0 radical (unpaired) electrons. The van der Waals surface area contributed by atoms with Gasteiger partial charge in [-0.05, 0) is 12.1 Å². The molecule has 0 aliphatic carbocycles. The van der Waals surface area contributed by atoms with Gasteiger partial charge < -0.3 is 29.8 Å². The van der Waals surface area contributed by atoms with Crippen LogP contribution in [-0.2, 0) is 26.2 Å². The Morgan fingerprint density at radius 2 is 1.53 bits per heavy atom. The van der Waals surface area contributed by atoms with Crippen LogP contribution < -0.4 is 11.1 Å². The number of fused-ring (bicyclic) bond motifs is 2. The number of aromatic nitrogens is 2. The van der Waals surface area contributed by atoms with E-state index in [1.165, 1.54) is 0 Å². The van der Waals surface area contributed by atoms with Crippen molar-refractivity contribution in [3.8, 4) is 0 Å². The molecule has 2 aromatic heterocycles. The van der Waals surface area contributed by atoms with Gasteiger partial charge in [0.2, 0.25) is 0 Å². The Morgan fingerprint density at radius 3 is 2.11 bits per heavy atom. The van der Waals surface area contributed by atoms with Crippen molar-refractivity contribution in [3.63, 3.8) is 0 Å². The number of amides is 2. The van der Waals surface area contributed by atoms with Crippen molar-refractivity contribution in [1.82, 2.24) is 14.5 Å². The van der Waals surface area contributed by atoms with Crippen LogP contribution in [0.2, 0.25) is 0 Å². The van der Waals surface area contributed by atoms with Crippen molar-refractivity contribution in [3.05, 3.63) is 72.1 Å². The van der Waals surface area contributed by atoms with E-state index >= 15 is 0 Å². The van der Waals surface area contributed by atoms with Gasteiger partial charge in [-0.25, -0.2) is 0 Å². The molecular formula is C28H28N4O6. The maximum atomic E-state index is 13.1. The molecule has 2 aromatic carbocycles. The van der Waals surface area contributed by atoms with E-state index in [1.807, 2.05) is 77.1 Å². The summed E-state index contributed by atoms with van der Waals surface area (Å²) in [6.07, 6.45) is 2.58. The van der Waals surface area contributed by atoms with Crippen LogP contribution in [0.4, 0.5) is 0 Å². The lowest BCUT2D eigenvalue weighted by Gasteiger charge is -2.15. The first-order chi connectivity index (χ1) is 18.2. The first-order valence-corrected chi connectivity index (χ1v) is 12.2. The molecule has 2 aliphatic heterocycles. The number of carbonyl (C=O) groups is 3. The van der Waals surface area contributed by atoms with Gasteiger partial charge in [0, 0.05) is 66.7 Å². The van der Waals surface area contributed by atoms with Crippen LogP contribution in [0.1, 0.15) is 30.7 Å². The summed E-state index contributed by atoms with van der Waals surface area (Å²) in [5.74, 6) is -1.67. The van der Waals surface area contributed by atoms with Crippen molar-refractivity contribution in [1.29, 1.82) is 0 Å². The number of rotatable bonds is 4. The third kappa shape index (κ3) is 4.28. The standard InChI is InChI=1S/C26H24N4O4.C2H4O2/c1-29-12-16(14-6-2-4-8-18(14)29)23-24(26(33)28-25(23)32)17-13-30(19-9-5-3-7-15(17)19)22-10-20(31)21(11-27)34-22;1-2(3)4/h2-9,12-13,20-22,31H,10-11,27H2,1H3,(H,28,32,33);1H3,(H,3,4)/t20-,21+,22+;/m0./s1. The van der Waals surface area contributed by atoms with Gasteiger partial charge in [-0.15, -0.1) is 0 Å². The number of para-hydroxylation sites is 2. The average molecular weight is 517 g/mol. The van der Waals surface area contributed by atoms with E-state index in [2.05, 4.69) is 5.32 Å². The second-order valence-electron chi connectivity index (χ2n) is 9.36. The number of aryl methyl sites for hydroxylation is 1. The molecular weight excluding hydrogens is 488 g/mol. The van der Waals surface area contributed by atoms with E-state index < -0.39 is 36.2 Å². The fraction of sp³-hybridized carbons (Fsp3) is 0.250.